The minimum absolute atomic E-state index is 0.307. The van der Waals surface area contributed by atoms with Crippen LogP contribution in [0.15, 0.2) is 0 Å². The van der Waals surface area contributed by atoms with E-state index >= 15 is 0 Å². The van der Waals surface area contributed by atoms with Gasteiger partial charge in [-0.15, -0.1) is 0 Å². The number of carbonyl (C=O) groups is 2. The van der Waals surface area contributed by atoms with Crippen molar-refractivity contribution in [3.8, 4) is 0 Å². The molecule has 0 heterocycles. The lowest BCUT2D eigenvalue weighted by atomic mass is 10.1. The second-order valence-corrected chi connectivity index (χ2v) is 2.96. The van der Waals surface area contributed by atoms with Gasteiger partial charge in [0.15, 0.2) is 0 Å². The van der Waals surface area contributed by atoms with Gasteiger partial charge in [-0.25, -0.2) is 0 Å². The Morgan fingerprint density at radius 2 is 1.31 bits per heavy atom. The first-order chi connectivity index (χ1) is 5.95. The quantitative estimate of drug-likeness (QED) is 0.433. The van der Waals surface area contributed by atoms with E-state index < -0.39 is 24.0 Å². The fraction of sp³-hybridized carbons (Fsp3) is 0.714. The summed E-state index contributed by atoms with van der Waals surface area (Å²) in [6.07, 6.45) is 1.06. The summed E-state index contributed by atoms with van der Waals surface area (Å²) >= 11 is 0. The van der Waals surface area contributed by atoms with Crippen LogP contribution in [0.25, 0.3) is 0 Å². The fourth-order valence-corrected chi connectivity index (χ4v) is 0.846. The molecule has 0 bridgehead atoms. The van der Waals surface area contributed by atoms with Crippen molar-refractivity contribution in [3.05, 3.63) is 0 Å². The molecule has 0 aromatic carbocycles. The summed E-state index contributed by atoms with van der Waals surface area (Å²) in [4.78, 5) is 20.4. The first kappa shape index (κ1) is 11.9. The Morgan fingerprint density at radius 3 is 1.54 bits per heavy atom. The van der Waals surface area contributed by atoms with Gasteiger partial charge in [0.1, 0.15) is 12.1 Å². The topological polar surface area (TPSA) is 136 Å². The van der Waals surface area contributed by atoms with Crippen LogP contribution in [0.4, 0.5) is 0 Å². The van der Waals surface area contributed by atoms with Crippen molar-refractivity contribution in [3.63, 3.8) is 0 Å². The summed E-state index contributed by atoms with van der Waals surface area (Å²) in [7, 11) is 0. The highest BCUT2D eigenvalue weighted by atomic mass is 16.4. The van der Waals surface area contributed by atoms with Gasteiger partial charge in [-0.2, -0.15) is 0 Å². The highest BCUT2D eigenvalue weighted by Crippen LogP contribution is 1.98. The average molecular weight is 190 g/mol. The molecule has 6 heteroatoms. The molecule has 6 N–H and O–H groups in total. The SMILES string of the molecule is [NH3+][C@H](CCC[C@@H]([NH3+])C(=O)[O-])C(=O)[O-]. The normalized spacial score (nSPS) is 14.9. The van der Waals surface area contributed by atoms with Crippen molar-refractivity contribution in [2.24, 2.45) is 0 Å². The molecule has 0 rings (SSSR count). The maximum atomic E-state index is 10.2. The molecule has 0 aromatic heterocycles. The summed E-state index contributed by atoms with van der Waals surface area (Å²) in [5, 5.41) is 20.4. The number of quaternary nitrogens is 2. The summed E-state index contributed by atoms with van der Waals surface area (Å²) in [5.41, 5.74) is 6.67. The number of aliphatic carboxylic acids is 2. The minimum Gasteiger partial charge on any atom is -0.544 e. The number of hydrogen-bond acceptors (Lipinski definition) is 4. The largest absolute Gasteiger partial charge is 0.544 e. The monoisotopic (exact) mass is 190 g/mol. The lowest BCUT2D eigenvalue weighted by Gasteiger charge is -2.11. The number of carboxylic acid groups (broad SMARTS) is 2. The molecule has 0 aliphatic heterocycles. The van der Waals surface area contributed by atoms with Crippen LogP contribution in [0.2, 0.25) is 0 Å². The van der Waals surface area contributed by atoms with Crippen LogP contribution in [0.3, 0.4) is 0 Å². The van der Waals surface area contributed by atoms with Gasteiger partial charge in [0, 0.05) is 12.8 Å². The molecule has 0 fully saturated rings. The lowest BCUT2D eigenvalue weighted by molar-refractivity contribution is -0.444. The maximum Gasteiger partial charge on any atom is 0.124 e. The molecule has 0 radical (unpaired) electrons. The molecule has 0 aliphatic carbocycles. The molecule has 0 aliphatic rings. The van der Waals surface area contributed by atoms with Crippen LogP contribution >= 0.6 is 0 Å². The molecule has 0 unspecified atom stereocenters. The molecular formula is C7H14N2O4. The Balaban J connectivity index is 3.56. The third-order valence-electron chi connectivity index (χ3n) is 1.77. The van der Waals surface area contributed by atoms with Gasteiger partial charge in [0.05, 0.1) is 11.9 Å². The Bertz CT molecular complexity index is 175. The first-order valence-corrected chi connectivity index (χ1v) is 4.03. The predicted molar refractivity (Wildman–Crippen MR) is 37.2 cm³/mol. The zero-order chi connectivity index (χ0) is 10.4. The molecule has 76 valence electrons. The van der Waals surface area contributed by atoms with Crippen molar-refractivity contribution in [2.75, 3.05) is 0 Å². The van der Waals surface area contributed by atoms with Crippen LogP contribution < -0.4 is 21.7 Å². The molecule has 2 atom stereocenters. The van der Waals surface area contributed by atoms with Gasteiger partial charge in [0.2, 0.25) is 0 Å². The van der Waals surface area contributed by atoms with E-state index in [9.17, 15) is 19.8 Å². The van der Waals surface area contributed by atoms with Crippen LogP contribution in [-0.4, -0.2) is 24.0 Å². The van der Waals surface area contributed by atoms with Crippen LogP contribution in [0.5, 0.6) is 0 Å². The Hall–Kier alpha value is -1.14. The van der Waals surface area contributed by atoms with E-state index in [2.05, 4.69) is 11.5 Å². The second kappa shape index (κ2) is 5.50. The molecular weight excluding hydrogens is 176 g/mol. The zero-order valence-corrected chi connectivity index (χ0v) is 7.32. The van der Waals surface area contributed by atoms with E-state index in [1.54, 1.807) is 0 Å². The van der Waals surface area contributed by atoms with Gasteiger partial charge >= 0.3 is 0 Å². The van der Waals surface area contributed by atoms with Crippen molar-refractivity contribution in [1.82, 2.24) is 0 Å². The highest BCUT2D eigenvalue weighted by Gasteiger charge is 2.10. The standard InChI is InChI=1S/C7H14N2O4/c8-4(6(10)11)2-1-3-5(9)7(12)13/h4-5H,1-3,8-9H2,(H,10,11)(H,12,13)/t4-,5-/m1/s1. The lowest BCUT2D eigenvalue weighted by Crippen LogP contribution is -2.69. The Kier molecular flexibility index (Phi) is 5.01. The van der Waals surface area contributed by atoms with E-state index in [-0.39, 0.29) is 0 Å². The van der Waals surface area contributed by atoms with E-state index in [4.69, 9.17) is 0 Å². The smallest absolute Gasteiger partial charge is 0.124 e. The van der Waals surface area contributed by atoms with Crippen molar-refractivity contribution in [2.45, 2.75) is 31.3 Å². The molecule has 0 spiro atoms. The van der Waals surface area contributed by atoms with Crippen molar-refractivity contribution in [1.29, 1.82) is 0 Å². The number of hydrogen-bond donors (Lipinski definition) is 2. The third-order valence-corrected chi connectivity index (χ3v) is 1.77. The zero-order valence-electron chi connectivity index (χ0n) is 7.32. The van der Waals surface area contributed by atoms with Gasteiger partial charge in [0.25, 0.3) is 0 Å². The second-order valence-electron chi connectivity index (χ2n) is 2.96. The summed E-state index contributed by atoms with van der Waals surface area (Å²) in [6.45, 7) is 0. The van der Waals surface area contributed by atoms with E-state index in [1.807, 2.05) is 0 Å². The molecule has 0 saturated carbocycles. The number of rotatable bonds is 6. The number of carboxylic acids is 2. The first-order valence-electron chi connectivity index (χ1n) is 4.03. The Morgan fingerprint density at radius 1 is 1.00 bits per heavy atom. The number of carbonyl (C=O) groups excluding carboxylic acids is 2. The minimum atomic E-state index is -1.21. The molecule has 0 saturated heterocycles. The van der Waals surface area contributed by atoms with Crippen LogP contribution in [-0.2, 0) is 9.59 Å². The van der Waals surface area contributed by atoms with Gasteiger partial charge in [-0.05, 0) is 6.42 Å². The predicted octanol–water partition coefficient (Wildman–Crippen LogP) is -5.12. The van der Waals surface area contributed by atoms with E-state index in [0.29, 0.717) is 19.3 Å². The van der Waals surface area contributed by atoms with Gasteiger partial charge < -0.3 is 31.3 Å². The van der Waals surface area contributed by atoms with Gasteiger partial charge in [-0.3, -0.25) is 0 Å². The van der Waals surface area contributed by atoms with Crippen LogP contribution in [0, 0.1) is 0 Å². The molecule has 6 nitrogen and oxygen atoms in total. The highest BCUT2D eigenvalue weighted by molar-refractivity contribution is 5.69. The van der Waals surface area contributed by atoms with Crippen molar-refractivity contribution >= 4 is 11.9 Å². The van der Waals surface area contributed by atoms with E-state index in [0.717, 1.165) is 0 Å². The fourth-order valence-electron chi connectivity index (χ4n) is 0.846. The molecule has 0 aromatic rings. The summed E-state index contributed by atoms with van der Waals surface area (Å²) in [6, 6.07) is -1.57. The molecule has 13 heavy (non-hydrogen) atoms. The summed E-state index contributed by atoms with van der Waals surface area (Å²) < 4.78 is 0. The third kappa shape index (κ3) is 5.15. The summed E-state index contributed by atoms with van der Waals surface area (Å²) in [5.74, 6) is -2.43. The maximum absolute atomic E-state index is 10.2. The molecule has 0 amide bonds. The van der Waals surface area contributed by atoms with E-state index in [1.165, 1.54) is 0 Å². The van der Waals surface area contributed by atoms with Crippen LogP contribution in [0.1, 0.15) is 19.3 Å². The van der Waals surface area contributed by atoms with Crippen molar-refractivity contribution < 1.29 is 31.3 Å². The average Bonchev–Trinajstić information content (AvgIpc) is 2.03. The Labute approximate surface area is 75.5 Å². The van der Waals surface area contributed by atoms with Gasteiger partial charge in [-0.1, -0.05) is 0 Å².